The van der Waals surface area contributed by atoms with E-state index in [9.17, 15) is 9.59 Å². The van der Waals surface area contributed by atoms with Crippen LogP contribution in [0, 0.1) is 6.92 Å². The molecule has 2 heterocycles. The monoisotopic (exact) mass is 270 g/mol. The molecule has 20 heavy (non-hydrogen) atoms. The zero-order chi connectivity index (χ0) is 14.3. The fraction of sp³-hybridized carbons (Fsp3) is 0.214. The predicted molar refractivity (Wildman–Crippen MR) is 73.1 cm³/mol. The molecule has 0 saturated carbocycles. The molecule has 1 aromatic heterocycles. The van der Waals surface area contributed by atoms with Crippen molar-refractivity contribution in [2.75, 3.05) is 5.73 Å². The topological polar surface area (TPSA) is 90.0 Å². The summed E-state index contributed by atoms with van der Waals surface area (Å²) in [5.41, 5.74) is 8.94. The second-order valence-corrected chi connectivity index (χ2v) is 4.90. The molecule has 1 aromatic carbocycles. The van der Waals surface area contributed by atoms with E-state index in [-0.39, 0.29) is 12.3 Å². The van der Waals surface area contributed by atoms with E-state index >= 15 is 0 Å². The van der Waals surface area contributed by atoms with Crippen LogP contribution in [-0.4, -0.2) is 21.6 Å². The minimum absolute atomic E-state index is 0.0895. The molecule has 0 saturated heterocycles. The van der Waals surface area contributed by atoms with Gasteiger partial charge in [-0.2, -0.15) is 5.10 Å². The highest BCUT2D eigenvalue weighted by Crippen LogP contribution is 2.21. The van der Waals surface area contributed by atoms with Crippen molar-refractivity contribution in [1.82, 2.24) is 15.1 Å². The molecule has 1 aliphatic heterocycles. The number of hydrogen-bond donors (Lipinski definition) is 2. The molecular weight excluding hydrogens is 256 g/mol. The number of nitrogens with one attached hydrogen (secondary N) is 1. The number of nitrogen functional groups attached to an aromatic ring is 1. The van der Waals surface area contributed by atoms with Crippen molar-refractivity contribution in [3.63, 3.8) is 0 Å². The van der Waals surface area contributed by atoms with Gasteiger partial charge in [0.1, 0.15) is 11.4 Å². The van der Waals surface area contributed by atoms with Crippen molar-refractivity contribution in [2.24, 2.45) is 0 Å². The first-order chi connectivity index (χ1) is 9.54. The van der Waals surface area contributed by atoms with Gasteiger partial charge in [0.2, 0.25) is 5.91 Å². The van der Waals surface area contributed by atoms with E-state index in [0.717, 1.165) is 5.56 Å². The number of imide groups is 1. The van der Waals surface area contributed by atoms with Gasteiger partial charge >= 0.3 is 0 Å². The second-order valence-electron chi connectivity index (χ2n) is 4.90. The van der Waals surface area contributed by atoms with E-state index in [1.165, 1.54) is 5.56 Å². The lowest BCUT2D eigenvalue weighted by atomic mass is 10.1. The predicted octanol–water partition coefficient (Wildman–Crippen LogP) is 0.635. The van der Waals surface area contributed by atoms with Crippen LogP contribution in [0.3, 0.4) is 0 Å². The van der Waals surface area contributed by atoms with Crippen LogP contribution in [0.1, 0.15) is 27.2 Å². The summed E-state index contributed by atoms with van der Waals surface area (Å²) >= 11 is 0. The molecule has 0 radical (unpaired) electrons. The van der Waals surface area contributed by atoms with Gasteiger partial charge in [0.05, 0.1) is 18.7 Å². The zero-order valence-electron chi connectivity index (χ0n) is 11.0. The van der Waals surface area contributed by atoms with Crippen LogP contribution in [0.25, 0.3) is 0 Å². The number of anilines is 1. The molecule has 0 bridgehead atoms. The molecule has 1 aliphatic rings. The Balaban J connectivity index is 1.95. The minimum Gasteiger partial charge on any atom is -0.383 e. The number of carbonyl (C=O) groups is 2. The number of aryl methyl sites for hydroxylation is 1. The van der Waals surface area contributed by atoms with Gasteiger partial charge in [-0.1, -0.05) is 29.8 Å². The standard InChI is InChI=1S/C14H14N4O2/c1-8-2-4-9(5-3-8)7-18-13(15)12-10(17-18)6-11(19)16-14(12)20/h2-5H,6-7,15H2,1H3,(H,16,19,20). The van der Waals surface area contributed by atoms with Gasteiger partial charge in [0, 0.05) is 0 Å². The maximum absolute atomic E-state index is 11.8. The third-order valence-electron chi connectivity index (χ3n) is 3.33. The Morgan fingerprint density at radius 3 is 2.70 bits per heavy atom. The van der Waals surface area contributed by atoms with E-state index in [4.69, 9.17) is 5.73 Å². The molecule has 2 aromatic rings. The average molecular weight is 270 g/mol. The number of fused-ring (bicyclic) bond motifs is 1. The maximum atomic E-state index is 11.8. The molecule has 0 fully saturated rings. The maximum Gasteiger partial charge on any atom is 0.263 e. The van der Waals surface area contributed by atoms with Gasteiger partial charge in [-0.05, 0) is 12.5 Å². The third kappa shape index (κ3) is 2.05. The highest BCUT2D eigenvalue weighted by molar-refractivity contribution is 6.11. The lowest BCUT2D eigenvalue weighted by Crippen LogP contribution is -2.37. The molecule has 0 spiro atoms. The van der Waals surface area contributed by atoms with Crippen LogP contribution in [0.5, 0.6) is 0 Å². The Labute approximate surface area is 115 Å². The summed E-state index contributed by atoms with van der Waals surface area (Å²) in [6.45, 7) is 2.49. The van der Waals surface area contributed by atoms with Crippen molar-refractivity contribution < 1.29 is 9.59 Å². The smallest absolute Gasteiger partial charge is 0.263 e. The van der Waals surface area contributed by atoms with E-state index in [1.807, 2.05) is 31.2 Å². The van der Waals surface area contributed by atoms with Gasteiger partial charge in [-0.25, -0.2) is 4.68 Å². The number of aromatic nitrogens is 2. The fourth-order valence-electron chi connectivity index (χ4n) is 2.27. The van der Waals surface area contributed by atoms with Gasteiger partial charge in [0.15, 0.2) is 0 Å². The first kappa shape index (κ1) is 12.4. The minimum atomic E-state index is -0.469. The lowest BCUT2D eigenvalue weighted by Gasteiger charge is -2.09. The van der Waals surface area contributed by atoms with Gasteiger partial charge < -0.3 is 5.73 Å². The van der Waals surface area contributed by atoms with E-state index in [0.29, 0.717) is 23.6 Å². The van der Waals surface area contributed by atoms with Crippen molar-refractivity contribution in [3.8, 4) is 0 Å². The van der Waals surface area contributed by atoms with Crippen LogP contribution in [0.15, 0.2) is 24.3 Å². The number of amides is 2. The zero-order valence-corrected chi connectivity index (χ0v) is 11.0. The summed E-state index contributed by atoms with van der Waals surface area (Å²) in [6, 6.07) is 7.98. The summed E-state index contributed by atoms with van der Waals surface area (Å²) in [5, 5.41) is 6.53. The number of nitrogens with zero attached hydrogens (tertiary/aromatic N) is 2. The van der Waals surface area contributed by atoms with Crippen molar-refractivity contribution >= 4 is 17.6 Å². The first-order valence-electron chi connectivity index (χ1n) is 6.29. The summed E-state index contributed by atoms with van der Waals surface area (Å²) in [4.78, 5) is 23.1. The highest BCUT2D eigenvalue weighted by Gasteiger charge is 2.29. The van der Waals surface area contributed by atoms with Crippen molar-refractivity contribution in [1.29, 1.82) is 0 Å². The number of benzene rings is 1. The lowest BCUT2D eigenvalue weighted by molar-refractivity contribution is -0.119. The summed E-state index contributed by atoms with van der Waals surface area (Å²) in [5.74, 6) is -0.517. The molecule has 6 heteroatoms. The van der Waals surface area contributed by atoms with E-state index in [1.54, 1.807) is 4.68 Å². The van der Waals surface area contributed by atoms with Crippen LogP contribution in [0.4, 0.5) is 5.82 Å². The second kappa shape index (κ2) is 4.48. The van der Waals surface area contributed by atoms with Gasteiger partial charge in [-0.3, -0.25) is 14.9 Å². The number of carbonyl (C=O) groups excluding carboxylic acids is 2. The van der Waals surface area contributed by atoms with E-state index < -0.39 is 5.91 Å². The number of hydrogen-bond acceptors (Lipinski definition) is 4. The van der Waals surface area contributed by atoms with Crippen LogP contribution in [-0.2, 0) is 17.8 Å². The Kier molecular flexibility index (Phi) is 2.78. The molecule has 3 rings (SSSR count). The molecule has 3 N–H and O–H groups in total. The van der Waals surface area contributed by atoms with Crippen molar-refractivity contribution in [2.45, 2.75) is 19.9 Å². The van der Waals surface area contributed by atoms with Crippen LogP contribution >= 0.6 is 0 Å². The molecule has 6 nitrogen and oxygen atoms in total. The summed E-state index contributed by atoms with van der Waals surface area (Å²) in [6.07, 6.45) is 0.0895. The van der Waals surface area contributed by atoms with Crippen molar-refractivity contribution in [3.05, 3.63) is 46.6 Å². The molecule has 0 atom stereocenters. The first-order valence-corrected chi connectivity index (χ1v) is 6.29. The van der Waals surface area contributed by atoms with E-state index in [2.05, 4.69) is 10.4 Å². The highest BCUT2D eigenvalue weighted by atomic mass is 16.2. The molecule has 102 valence electrons. The Hall–Kier alpha value is -2.63. The Morgan fingerprint density at radius 2 is 2.00 bits per heavy atom. The Bertz CT molecular complexity index is 701. The van der Waals surface area contributed by atoms with Gasteiger partial charge in [0.25, 0.3) is 5.91 Å². The average Bonchev–Trinajstić information content (AvgIpc) is 2.69. The quantitative estimate of drug-likeness (QED) is 0.783. The van der Waals surface area contributed by atoms with Crippen LogP contribution in [0.2, 0.25) is 0 Å². The summed E-state index contributed by atoms with van der Waals surface area (Å²) < 4.78 is 1.56. The number of rotatable bonds is 2. The summed E-state index contributed by atoms with van der Waals surface area (Å²) in [7, 11) is 0. The Morgan fingerprint density at radius 1 is 1.30 bits per heavy atom. The molecule has 0 aliphatic carbocycles. The van der Waals surface area contributed by atoms with Crippen LogP contribution < -0.4 is 11.1 Å². The normalized spacial score (nSPS) is 14.1. The number of nitrogens with two attached hydrogens (primary N) is 1. The molecule has 2 amide bonds. The third-order valence-corrected chi connectivity index (χ3v) is 3.33. The van der Waals surface area contributed by atoms with Gasteiger partial charge in [-0.15, -0.1) is 0 Å². The molecular formula is C14H14N4O2. The molecule has 0 unspecified atom stereocenters. The SMILES string of the molecule is Cc1ccc(Cn2nc3c(c2N)C(=O)NC(=O)C3)cc1. The fourth-order valence-corrected chi connectivity index (χ4v) is 2.27. The largest absolute Gasteiger partial charge is 0.383 e.